The van der Waals surface area contributed by atoms with Gasteiger partial charge in [-0.25, -0.2) is 10.2 Å². The van der Waals surface area contributed by atoms with Gasteiger partial charge in [-0.2, -0.15) is 5.10 Å². The lowest BCUT2D eigenvalue weighted by Gasteiger charge is -2.13. The molecule has 31 heavy (non-hydrogen) atoms. The average molecular weight is 486 g/mol. The minimum atomic E-state index is -1.09. The molecule has 0 bridgehead atoms. The van der Waals surface area contributed by atoms with Crippen LogP contribution in [0.15, 0.2) is 70.5 Å². The van der Waals surface area contributed by atoms with Crippen molar-refractivity contribution in [1.29, 1.82) is 0 Å². The highest BCUT2D eigenvalue weighted by molar-refractivity contribution is 9.10. The van der Waals surface area contributed by atoms with Gasteiger partial charge in [-0.3, -0.25) is 4.79 Å². The number of halogens is 1. The molecule has 2 aromatic carbocycles. The first kappa shape index (κ1) is 22.1. The number of aliphatic carboxylic acids is 1. The van der Waals surface area contributed by atoms with E-state index in [0.717, 1.165) is 5.69 Å². The normalized spacial score (nSPS) is 10.8. The Morgan fingerprint density at radius 1 is 1.16 bits per heavy atom. The summed E-state index contributed by atoms with van der Waals surface area (Å²) in [5, 5.41) is 12.9. The Morgan fingerprint density at radius 3 is 2.61 bits per heavy atom. The van der Waals surface area contributed by atoms with Gasteiger partial charge < -0.3 is 19.1 Å². The van der Waals surface area contributed by atoms with Crippen LogP contribution in [-0.4, -0.2) is 41.0 Å². The van der Waals surface area contributed by atoms with Gasteiger partial charge in [-0.05, 0) is 64.8 Å². The van der Waals surface area contributed by atoms with Gasteiger partial charge in [0.25, 0.3) is 5.91 Å². The zero-order valence-electron chi connectivity index (χ0n) is 16.6. The van der Waals surface area contributed by atoms with Crippen LogP contribution in [-0.2, 0) is 4.79 Å². The summed E-state index contributed by atoms with van der Waals surface area (Å²) in [5.74, 6) is -0.802. The average Bonchev–Trinajstić information content (AvgIpc) is 3.28. The molecule has 160 valence electrons. The molecule has 0 aliphatic carbocycles. The summed E-state index contributed by atoms with van der Waals surface area (Å²) in [4.78, 5) is 23.4. The first-order chi connectivity index (χ1) is 15.0. The number of aromatic nitrogens is 1. The number of hydrogen-bond donors (Lipinski definition) is 2. The first-order valence-corrected chi connectivity index (χ1v) is 10.2. The number of hydrogen-bond acceptors (Lipinski definition) is 5. The number of benzene rings is 2. The number of nitrogens with zero attached hydrogens (tertiary/aromatic N) is 2. The molecule has 0 saturated carbocycles. The monoisotopic (exact) mass is 485 g/mol. The Balaban J connectivity index is 1.77. The highest BCUT2D eigenvalue weighted by atomic mass is 79.9. The molecule has 0 atom stereocenters. The van der Waals surface area contributed by atoms with Crippen LogP contribution in [0.1, 0.15) is 22.8 Å². The summed E-state index contributed by atoms with van der Waals surface area (Å²) in [6, 6.07) is 14.3. The number of carbonyl (C=O) groups excluding carboxylic acids is 1. The smallest absolute Gasteiger partial charge is 0.341 e. The van der Waals surface area contributed by atoms with E-state index in [0.29, 0.717) is 28.0 Å². The van der Waals surface area contributed by atoms with Gasteiger partial charge in [0, 0.05) is 12.4 Å². The van der Waals surface area contributed by atoms with E-state index in [1.807, 2.05) is 41.2 Å². The highest BCUT2D eigenvalue weighted by Gasteiger charge is 2.14. The number of carbonyl (C=O) groups is 2. The second-order valence-corrected chi connectivity index (χ2v) is 7.11. The summed E-state index contributed by atoms with van der Waals surface area (Å²) in [7, 11) is 0. The second-order valence-electron chi connectivity index (χ2n) is 6.25. The Kier molecular flexibility index (Phi) is 7.45. The van der Waals surface area contributed by atoms with Crippen molar-refractivity contribution in [2.45, 2.75) is 6.92 Å². The fraction of sp³-hybridized carbons (Fsp3) is 0.136. The van der Waals surface area contributed by atoms with E-state index in [2.05, 4.69) is 26.5 Å². The van der Waals surface area contributed by atoms with Crippen LogP contribution >= 0.6 is 15.9 Å². The number of amides is 1. The largest absolute Gasteiger partial charge is 0.490 e. The SMILES string of the molecule is CCOc1cc(/C=N\NC(=O)c2ccccc2-n2cccc2)cc(Br)c1OCC(=O)O. The van der Waals surface area contributed by atoms with Crippen LogP contribution < -0.4 is 14.9 Å². The van der Waals surface area contributed by atoms with E-state index in [9.17, 15) is 9.59 Å². The van der Waals surface area contributed by atoms with Crippen molar-refractivity contribution in [2.75, 3.05) is 13.2 Å². The van der Waals surface area contributed by atoms with Gasteiger partial charge in [-0.1, -0.05) is 12.1 Å². The molecular weight excluding hydrogens is 466 g/mol. The summed E-state index contributed by atoms with van der Waals surface area (Å²) in [6.45, 7) is 1.67. The molecular formula is C22H20BrN3O5. The molecule has 0 saturated heterocycles. The second kappa shape index (κ2) is 10.4. The van der Waals surface area contributed by atoms with Gasteiger partial charge >= 0.3 is 5.97 Å². The molecule has 9 heteroatoms. The van der Waals surface area contributed by atoms with Gasteiger partial charge in [0.05, 0.1) is 28.5 Å². The van der Waals surface area contributed by atoms with Gasteiger partial charge in [-0.15, -0.1) is 0 Å². The minimum Gasteiger partial charge on any atom is -0.490 e. The van der Waals surface area contributed by atoms with Crippen molar-refractivity contribution in [3.63, 3.8) is 0 Å². The third kappa shape index (κ3) is 5.73. The summed E-state index contributed by atoms with van der Waals surface area (Å²) in [5.41, 5.74) is 4.36. The Hall–Kier alpha value is -3.59. The zero-order valence-corrected chi connectivity index (χ0v) is 18.2. The number of rotatable bonds is 9. The quantitative estimate of drug-likeness (QED) is 0.353. The number of ether oxygens (including phenoxy) is 2. The maximum atomic E-state index is 12.6. The van der Waals surface area contributed by atoms with Gasteiger partial charge in [0.2, 0.25) is 0 Å². The van der Waals surface area contributed by atoms with E-state index in [4.69, 9.17) is 14.6 Å². The Labute approximate surface area is 187 Å². The number of nitrogens with one attached hydrogen (secondary N) is 1. The van der Waals surface area contributed by atoms with E-state index in [1.54, 1.807) is 31.2 Å². The third-order valence-electron chi connectivity index (χ3n) is 4.08. The lowest BCUT2D eigenvalue weighted by atomic mass is 10.1. The molecule has 0 spiro atoms. The van der Waals surface area contributed by atoms with Crippen LogP contribution in [0, 0.1) is 0 Å². The Morgan fingerprint density at radius 2 is 1.90 bits per heavy atom. The first-order valence-electron chi connectivity index (χ1n) is 9.36. The fourth-order valence-electron chi connectivity index (χ4n) is 2.81. The number of carboxylic acids is 1. The molecule has 3 rings (SSSR count). The van der Waals surface area contributed by atoms with E-state index in [-0.39, 0.29) is 11.7 Å². The van der Waals surface area contributed by atoms with Gasteiger partial charge in [0.1, 0.15) is 0 Å². The third-order valence-corrected chi connectivity index (χ3v) is 4.67. The van der Waals surface area contributed by atoms with Crippen LogP contribution in [0.4, 0.5) is 0 Å². The predicted molar refractivity (Wildman–Crippen MR) is 119 cm³/mol. The standard InChI is InChI=1S/C22H20BrN3O5/c1-2-30-19-12-15(11-17(23)21(19)31-14-20(27)28)13-24-25-22(29)16-7-3-4-8-18(16)26-9-5-6-10-26/h3-13H,2,14H2,1H3,(H,25,29)(H,27,28)/b24-13-. The lowest BCUT2D eigenvalue weighted by Crippen LogP contribution is -2.19. The number of carboxylic acid groups (broad SMARTS) is 1. The summed E-state index contributed by atoms with van der Waals surface area (Å²) < 4.78 is 13.2. The van der Waals surface area contributed by atoms with Crippen LogP contribution in [0.5, 0.6) is 11.5 Å². The molecule has 0 aliphatic rings. The zero-order chi connectivity index (χ0) is 22.2. The minimum absolute atomic E-state index is 0.283. The van der Waals surface area contributed by atoms with Gasteiger partial charge in [0.15, 0.2) is 18.1 Å². The number of para-hydroxylation sites is 1. The topological polar surface area (TPSA) is 102 Å². The molecule has 1 heterocycles. The van der Waals surface area contributed by atoms with Crippen molar-refractivity contribution in [3.05, 3.63) is 76.5 Å². The maximum absolute atomic E-state index is 12.6. The van der Waals surface area contributed by atoms with Crippen molar-refractivity contribution >= 4 is 34.0 Å². The van der Waals surface area contributed by atoms with Crippen LogP contribution in [0.2, 0.25) is 0 Å². The lowest BCUT2D eigenvalue weighted by molar-refractivity contribution is -0.139. The van der Waals surface area contributed by atoms with E-state index in [1.165, 1.54) is 6.21 Å². The molecule has 1 aromatic heterocycles. The molecule has 0 radical (unpaired) electrons. The van der Waals surface area contributed by atoms with Crippen molar-refractivity contribution in [3.8, 4) is 17.2 Å². The molecule has 0 fully saturated rings. The maximum Gasteiger partial charge on any atom is 0.341 e. The number of hydrazone groups is 1. The summed E-state index contributed by atoms with van der Waals surface area (Å²) in [6.07, 6.45) is 5.18. The van der Waals surface area contributed by atoms with Crippen molar-refractivity contribution in [1.82, 2.24) is 9.99 Å². The van der Waals surface area contributed by atoms with E-state index < -0.39 is 12.6 Å². The molecule has 1 amide bonds. The molecule has 0 aliphatic heterocycles. The molecule has 8 nitrogen and oxygen atoms in total. The molecule has 2 N–H and O–H groups in total. The highest BCUT2D eigenvalue weighted by Crippen LogP contribution is 2.36. The molecule has 3 aromatic rings. The van der Waals surface area contributed by atoms with E-state index >= 15 is 0 Å². The predicted octanol–water partition coefficient (Wildman–Crippen LogP) is 3.87. The fourth-order valence-corrected chi connectivity index (χ4v) is 3.39. The van der Waals surface area contributed by atoms with Crippen LogP contribution in [0.25, 0.3) is 5.69 Å². The Bertz CT molecular complexity index is 1100. The van der Waals surface area contributed by atoms with Crippen molar-refractivity contribution in [2.24, 2.45) is 5.10 Å². The molecule has 0 unspecified atom stereocenters. The van der Waals surface area contributed by atoms with Crippen molar-refractivity contribution < 1.29 is 24.2 Å². The van der Waals surface area contributed by atoms with Crippen LogP contribution in [0.3, 0.4) is 0 Å². The summed E-state index contributed by atoms with van der Waals surface area (Å²) >= 11 is 3.36.